The molecular formula is C22H22N6O. The molecule has 7 heteroatoms. The third-order valence-electron chi connectivity index (χ3n) is 6.12. The van der Waals surface area contributed by atoms with E-state index < -0.39 is 0 Å². The van der Waals surface area contributed by atoms with Crippen LogP contribution in [-0.2, 0) is 0 Å². The van der Waals surface area contributed by atoms with Crippen LogP contribution in [0.15, 0.2) is 41.5 Å². The van der Waals surface area contributed by atoms with Crippen molar-refractivity contribution in [2.45, 2.75) is 50.6 Å². The van der Waals surface area contributed by atoms with Gasteiger partial charge < -0.3 is 4.90 Å². The second kappa shape index (κ2) is 7.28. The number of nitriles is 1. The molecule has 1 aromatic carbocycles. The van der Waals surface area contributed by atoms with Crippen molar-refractivity contribution in [1.29, 1.82) is 5.26 Å². The molecule has 3 aromatic rings. The minimum atomic E-state index is -0.0184. The predicted molar refractivity (Wildman–Crippen MR) is 110 cm³/mol. The Kier molecular flexibility index (Phi) is 4.47. The zero-order chi connectivity index (χ0) is 19.8. The highest BCUT2D eigenvalue weighted by atomic mass is 16.1. The van der Waals surface area contributed by atoms with Crippen LogP contribution in [0, 0.1) is 11.3 Å². The van der Waals surface area contributed by atoms with Crippen molar-refractivity contribution in [2.24, 2.45) is 0 Å². The molecule has 0 bridgehead atoms. The summed E-state index contributed by atoms with van der Waals surface area (Å²) in [5.74, 6) is 1.57. The van der Waals surface area contributed by atoms with Crippen molar-refractivity contribution in [2.75, 3.05) is 11.4 Å². The smallest absolute Gasteiger partial charge is 0.261 e. The molecule has 1 aliphatic heterocycles. The van der Waals surface area contributed by atoms with Crippen molar-refractivity contribution in [3.63, 3.8) is 0 Å². The summed E-state index contributed by atoms with van der Waals surface area (Å²) in [7, 11) is 0. The van der Waals surface area contributed by atoms with Crippen LogP contribution >= 0.6 is 0 Å². The highest BCUT2D eigenvalue weighted by molar-refractivity contribution is 5.77. The molecule has 1 unspecified atom stereocenters. The topological polar surface area (TPSA) is 87.7 Å². The lowest BCUT2D eigenvalue weighted by atomic mass is 10.1. The summed E-state index contributed by atoms with van der Waals surface area (Å²) < 4.78 is 1.97. The summed E-state index contributed by atoms with van der Waals surface area (Å²) in [4.78, 5) is 29.3. The first kappa shape index (κ1) is 17.8. The Balaban J connectivity index is 1.65. The SMILES string of the molecule is N#Cc1cnc(N2CCCC2c2nc3ccccc3c(=O)n2C2CCCC2)cn1. The van der Waals surface area contributed by atoms with Gasteiger partial charge in [0.15, 0.2) is 5.69 Å². The number of para-hydroxylation sites is 1. The Bertz CT molecular complexity index is 1140. The van der Waals surface area contributed by atoms with E-state index in [1.165, 1.54) is 6.20 Å². The van der Waals surface area contributed by atoms with Gasteiger partial charge >= 0.3 is 0 Å². The molecule has 0 spiro atoms. The van der Waals surface area contributed by atoms with Crippen LogP contribution in [0.1, 0.15) is 62.1 Å². The molecule has 3 heterocycles. The van der Waals surface area contributed by atoms with Gasteiger partial charge in [0.25, 0.3) is 5.56 Å². The number of benzene rings is 1. The number of fused-ring (bicyclic) bond motifs is 1. The van der Waals surface area contributed by atoms with Crippen molar-refractivity contribution < 1.29 is 0 Å². The predicted octanol–water partition coefficient (Wildman–Crippen LogP) is 3.51. The van der Waals surface area contributed by atoms with Gasteiger partial charge in [-0.1, -0.05) is 25.0 Å². The summed E-state index contributed by atoms with van der Waals surface area (Å²) in [6.45, 7) is 0.832. The molecule has 1 atom stereocenters. The minimum Gasteiger partial charge on any atom is -0.345 e. The Morgan fingerprint density at radius 3 is 2.62 bits per heavy atom. The Hall–Kier alpha value is -3.27. The van der Waals surface area contributed by atoms with Gasteiger partial charge in [-0.05, 0) is 37.8 Å². The molecule has 1 saturated carbocycles. The Morgan fingerprint density at radius 2 is 1.86 bits per heavy atom. The van der Waals surface area contributed by atoms with E-state index in [4.69, 9.17) is 10.2 Å². The quantitative estimate of drug-likeness (QED) is 0.684. The van der Waals surface area contributed by atoms with Gasteiger partial charge in [0, 0.05) is 12.6 Å². The second-order valence-electron chi connectivity index (χ2n) is 7.82. The summed E-state index contributed by atoms with van der Waals surface area (Å²) in [5.41, 5.74) is 1.12. The van der Waals surface area contributed by atoms with E-state index in [9.17, 15) is 4.79 Å². The fraction of sp³-hybridized carbons (Fsp3) is 0.409. The maximum absolute atomic E-state index is 13.5. The van der Waals surface area contributed by atoms with Gasteiger partial charge in [0.05, 0.1) is 29.3 Å². The van der Waals surface area contributed by atoms with Crippen LogP contribution in [0.5, 0.6) is 0 Å². The third kappa shape index (κ3) is 3.05. The van der Waals surface area contributed by atoms with Gasteiger partial charge in [-0.2, -0.15) is 5.26 Å². The third-order valence-corrected chi connectivity index (χ3v) is 6.12. The maximum Gasteiger partial charge on any atom is 0.261 e. The standard InChI is InChI=1S/C22H22N6O/c23-12-15-13-25-20(14-24-15)27-11-5-10-19(27)21-26-18-9-4-3-8-17(18)22(29)28(21)16-6-1-2-7-16/h3-4,8-9,13-14,16,19H,1-2,5-7,10-11H2. The monoisotopic (exact) mass is 386 g/mol. The van der Waals surface area contributed by atoms with Crippen LogP contribution < -0.4 is 10.5 Å². The summed E-state index contributed by atoms with van der Waals surface area (Å²) in [6, 6.07) is 9.82. The van der Waals surface area contributed by atoms with Crippen LogP contribution in [0.4, 0.5) is 5.82 Å². The highest BCUT2D eigenvalue weighted by Gasteiger charge is 2.33. The summed E-state index contributed by atoms with van der Waals surface area (Å²) >= 11 is 0. The Morgan fingerprint density at radius 1 is 1.03 bits per heavy atom. The number of hydrogen-bond donors (Lipinski definition) is 0. The zero-order valence-corrected chi connectivity index (χ0v) is 16.2. The largest absolute Gasteiger partial charge is 0.345 e. The van der Waals surface area contributed by atoms with Crippen LogP contribution in [0.3, 0.4) is 0 Å². The first-order valence-electron chi connectivity index (χ1n) is 10.3. The molecule has 1 saturated heterocycles. The van der Waals surface area contributed by atoms with Gasteiger partial charge in [0.1, 0.15) is 17.7 Å². The van der Waals surface area contributed by atoms with Crippen LogP contribution in [-0.4, -0.2) is 26.1 Å². The molecule has 146 valence electrons. The van der Waals surface area contributed by atoms with E-state index in [-0.39, 0.29) is 17.6 Å². The maximum atomic E-state index is 13.5. The number of anilines is 1. The average molecular weight is 386 g/mol. The second-order valence-corrected chi connectivity index (χ2v) is 7.82. The van der Waals surface area contributed by atoms with E-state index >= 15 is 0 Å². The molecule has 2 fully saturated rings. The lowest BCUT2D eigenvalue weighted by Gasteiger charge is -2.29. The normalized spacial score (nSPS) is 19.7. The van der Waals surface area contributed by atoms with Crippen molar-refractivity contribution in [3.8, 4) is 6.07 Å². The number of rotatable bonds is 3. The van der Waals surface area contributed by atoms with Gasteiger partial charge in [-0.25, -0.2) is 15.0 Å². The number of aromatic nitrogens is 4. The molecule has 29 heavy (non-hydrogen) atoms. The Labute approximate surface area is 168 Å². The lowest BCUT2D eigenvalue weighted by molar-refractivity contribution is 0.454. The first-order chi connectivity index (χ1) is 14.3. The molecule has 0 N–H and O–H groups in total. The number of hydrogen-bond acceptors (Lipinski definition) is 6. The summed E-state index contributed by atoms with van der Waals surface area (Å²) in [5, 5.41) is 9.68. The van der Waals surface area contributed by atoms with Crippen molar-refractivity contribution in [1.82, 2.24) is 19.5 Å². The van der Waals surface area contributed by atoms with Crippen LogP contribution in [0.2, 0.25) is 0 Å². The minimum absolute atomic E-state index is 0.0184. The fourth-order valence-corrected chi connectivity index (χ4v) is 4.75. The molecule has 2 aromatic heterocycles. The van der Waals surface area contributed by atoms with E-state index in [1.807, 2.05) is 34.9 Å². The molecule has 5 rings (SSSR count). The number of nitrogens with zero attached hydrogens (tertiary/aromatic N) is 6. The zero-order valence-electron chi connectivity index (χ0n) is 16.2. The first-order valence-corrected chi connectivity index (χ1v) is 10.3. The lowest BCUT2D eigenvalue weighted by Crippen LogP contribution is -2.34. The van der Waals surface area contributed by atoms with E-state index in [0.717, 1.165) is 62.2 Å². The van der Waals surface area contributed by atoms with Gasteiger partial charge in [0.2, 0.25) is 0 Å². The van der Waals surface area contributed by atoms with E-state index in [1.54, 1.807) is 6.20 Å². The van der Waals surface area contributed by atoms with Crippen molar-refractivity contribution in [3.05, 3.63) is 58.5 Å². The molecule has 7 nitrogen and oxygen atoms in total. The molecular weight excluding hydrogens is 364 g/mol. The van der Waals surface area contributed by atoms with Crippen molar-refractivity contribution >= 4 is 16.7 Å². The molecule has 2 aliphatic rings. The van der Waals surface area contributed by atoms with E-state index in [0.29, 0.717) is 11.1 Å². The van der Waals surface area contributed by atoms with Gasteiger partial charge in [-0.3, -0.25) is 9.36 Å². The molecule has 0 radical (unpaired) electrons. The molecule has 0 amide bonds. The fourth-order valence-electron chi connectivity index (χ4n) is 4.75. The highest BCUT2D eigenvalue weighted by Crippen LogP contribution is 2.37. The molecule has 1 aliphatic carbocycles. The van der Waals surface area contributed by atoms with Crippen LogP contribution in [0.25, 0.3) is 10.9 Å². The van der Waals surface area contributed by atoms with Gasteiger partial charge in [-0.15, -0.1) is 0 Å². The van der Waals surface area contributed by atoms with E-state index in [2.05, 4.69) is 14.9 Å². The average Bonchev–Trinajstić information content (AvgIpc) is 3.46. The summed E-state index contributed by atoms with van der Waals surface area (Å²) in [6.07, 6.45) is 9.42.